The monoisotopic (exact) mass is 274 g/mol. The van der Waals surface area contributed by atoms with Crippen LogP contribution >= 0.6 is 15.9 Å². The number of carbonyl (C=O) groups excluding carboxylic acids is 2. The van der Waals surface area contributed by atoms with E-state index in [9.17, 15) is 14.0 Å². The molecule has 2 N–H and O–H groups in total. The van der Waals surface area contributed by atoms with Crippen molar-refractivity contribution in [1.29, 1.82) is 0 Å². The lowest BCUT2D eigenvalue weighted by atomic mass is 10.2. The van der Waals surface area contributed by atoms with Crippen LogP contribution in [-0.4, -0.2) is 11.8 Å². The maximum atomic E-state index is 13.0. The summed E-state index contributed by atoms with van der Waals surface area (Å²) in [4.78, 5) is 21.8. The molecule has 0 unspecified atom stereocenters. The molecule has 80 valence electrons. The molecule has 0 aliphatic rings. The summed E-state index contributed by atoms with van der Waals surface area (Å²) in [5, 5.41) is 0. The van der Waals surface area contributed by atoms with Gasteiger partial charge < -0.3 is 0 Å². The van der Waals surface area contributed by atoms with Gasteiger partial charge in [0.05, 0.1) is 4.47 Å². The Hall–Kier alpha value is -1.43. The molecule has 0 bridgehead atoms. The van der Waals surface area contributed by atoms with Gasteiger partial charge in [-0.05, 0) is 34.1 Å². The fourth-order valence-corrected chi connectivity index (χ4v) is 1.10. The molecule has 15 heavy (non-hydrogen) atoms. The SMILES string of the molecule is CC(=O)NNC(=O)c1ccc(Br)c(F)c1. The third-order valence-corrected chi connectivity index (χ3v) is 2.18. The lowest BCUT2D eigenvalue weighted by molar-refractivity contribution is -0.119. The Kier molecular flexibility index (Phi) is 3.79. The Morgan fingerprint density at radius 2 is 2.00 bits per heavy atom. The maximum absolute atomic E-state index is 13.0. The molecule has 1 aromatic carbocycles. The van der Waals surface area contributed by atoms with Gasteiger partial charge >= 0.3 is 0 Å². The maximum Gasteiger partial charge on any atom is 0.269 e. The van der Waals surface area contributed by atoms with E-state index in [1.807, 2.05) is 0 Å². The molecular formula is C9H8BrFN2O2. The van der Waals surface area contributed by atoms with Crippen LogP contribution in [-0.2, 0) is 4.79 Å². The summed E-state index contributed by atoms with van der Waals surface area (Å²) < 4.78 is 13.3. The number of hydrogen-bond donors (Lipinski definition) is 2. The van der Waals surface area contributed by atoms with Gasteiger partial charge in [-0.3, -0.25) is 20.4 Å². The van der Waals surface area contributed by atoms with E-state index in [1.165, 1.54) is 19.1 Å². The Morgan fingerprint density at radius 1 is 1.33 bits per heavy atom. The summed E-state index contributed by atoms with van der Waals surface area (Å²) in [5.74, 6) is -1.51. The van der Waals surface area contributed by atoms with Crippen molar-refractivity contribution in [3.8, 4) is 0 Å². The first-order valence-corrected chi connectivity index (χ1v) is 4.82. The van der Waals surface area contributed by atoms with E-state index in [-0.39, 0.29) is 10.0 Å². The number of halogens is 2. The Labute approximate surface area is 94.0 Å². The van der Waals surface area contributed by atoms with E-state index in [0.717, 1.165) is 6.07 Å². The summed E-state index contributed by atoms with van der Waals surface area (Å²) in [6.07, 6.45) is 0. The van der Waals surface area contributed by atoms with E-state index >= 15 is 0 Å². The molecule has 0 saturated heterocycles. The van der Waals surface area contributed by atoms with Crippen LogP contribution in [0.5, 0.6) is 0 Å². The zero-order valence-corrected chi connectivity index (χ0v) is 9.39. The van der Waals surface area contributed by atoms with Gasteiger partial charge in [0, 0.05) is 12.5 Å². The van der Waals surface area contributed by atoms with Crippen LogP contribution < -0.4 is 10.9 Å². The molecule has 1 aromatic rings. The van der Waals surface area contributed by atoms with Crippen LogP contribution in [0, 0.1) is 5.82 Å². The first-order valence-electron chi connectivity index (χ1n) is 4.02. The summed E-state index contributed by atoms with van der Waals surface area (Å²) >= 11 is 2.96. The minimum atomic E-state index is -0.573. The number of hydrazine groups is 1. The number of hydrogen-bond acceptors (Lipinski definition) is 2. The van der Waals surface area contributed by atoms with Gasteiger partial charge in [0.2, 0.25) is 5.91 Å². The van der Waals surface area contributed by atoms with Gasteiger partial charge in [0.15, 0.2) is 0 Å². The van der Waals surface area contributed by atoms with Crippen LogP contribution in [0.15, 0.2) is 22.7 Å². The van der Waals surface area contributed by atoms with Crippen molar-refractivity contribution in [3.63, 3.8) is 0 Å². The molecule has 1 rings (SSSR count). The first-order chi connectivity index (χ1) is 7.00. The van der Waals surface area contributed by atoms with Gasteiger partial charge in [0.25, 0.3) is 5.91 Å². The lowest BCUT2D eigenvalue weighted by Crippen LogP contribution is -2.40. The molecule has 2 amide bonds. The minimum Gasteiger partial charge on any atom is -0.274 e. The summed E-state index contributed by atoms with van der Waals surface area (Å²) in [6, 6.07) is 3.92. The number of benzene rings is 1. The summed E-state index contributed by atoms with van der Waals surface area (Å²) in [5.41, 5.74) is 4.36. The first kappa shape index (κ1) is 11.6. The van der Waals surface area contributed by atoms with E-state index in [2.05, 4.69) is 26.8 Å². The van der Waals surface area contributed by atoms with E-state index in [1.54, 1.807) is 0 Å². The minimum absolute atomic E-state index is 0.129. The fraction of sp³-hybridized carbons (Fsp3) is 0.111. The molecular weight excluding hydrogens is 267 g/mol. The van der Waals surface area contributed by atoms with Gasteiger partial charge in [-0.1, -0.05) is 0 Å². The molecule has 4 nitrogen and oxygen atoms in total. The van der Waals surface area contributed by atoms with Crippen molar-refractivity contribution in [2.45, 2.75) is 6.92 Å². The second kappa shape index (κ2) is 4.88. The molecule has 0 saturated carbocycles. The Bertz CT molecular complexity index is 409. The third kappa shape index (κ3) is 3.32. The van der Waals surface area contributed by atoms with E-state index in [0.29, 0.717) is 0 Å². The highest BCUT2D eigenvalue weighted by Crippen LogP contribution is 2.16. The molecule has 0 heterocycles. The predicted octanol–water partition coefficient (Wildman–Crippen LogP) is 1.37. The number of nitrogens with one attached hydrogen (secondary N) is 2. The number of rotatable bonds is 1. The normalized spacial score (nSPS) is 9.53. The van der Waals surface area contributed by atoms with E-state index in [4.69, 9.17) is 0 Å². The van der Waals surface area contributed by atoms with Crippen molar-refractivity contribution < 1.29 is 14.0 Å². The van der Waals surface area contributed by atoms with Crippen LogP contribution in [0.1, 0.15) is 17.3 Å². The van der Waals surface area contributed by atoms with Crippen molar-refractivity contribution >= 4 is 27.7 Å². The molecule has 6 heteroatoms. The number of amides is 2. The molecule has 0 fully saturated rings. The van der Waals surface area contributed by atoms with Crippen LogP contribution in [0.3, 0.4) is 0 Å². The summed E-state index contributed by atoms with van der Waals surface area (Å²) in [7, 11) is 0. The average Bonchev–Trinajstić information content (AvgIpc) is 2.18. The predicted molar refractivity (Wildman–Crippen MR) is 55.4 cm³/mol. The molecule has 0 aliphatic heterocycles. The quantitative estimate of drug-likeness (QED) is 0.760. The van der Waals surface area contributed by atoms with Gasteiger partial charge in [0.1, 0.15) is 5.82 Å². The molecule has 0 aromatic heterocycles. The Balaban J connectivity index is 2.74. The Morgan fingerprint density at radius 3 is 2.53 bits per heavy atom. The highest BCUT2D eigenvalue weighted by Gasteiger charge is 2.08. The van der Waals surface area contributed by atoms with Gasteiger partial charge in [-0.2, -0.15) is 0 Å². The molecule has 0 radical (unpaired) electrons. The lowest BCUT2D eigenvalue weighted by Gasteiger charge is -2.05. The fourth-order valence-electron chi connectivity index (χ4n) is 0.854. The van der Waals surface area contributed by atoms with Gasteiger partial charge in [-0.15, -0.1) is 0 Å². The molecule has 0 spiro atoms. The topological polar surface area (TPSA) is 58.2 Å². The standard InChI is InChI=1S/C9H8BrFN2O2/c1-5(14)12-13-9(15)6-2-3-7(10)8(11)4-6/h2-4H,1H3,(H,12,14)(H,13,15). The number of carbonyl (C=O) groups is 2. The third-order valence-electron chi connectivity index (χ3n) is 1.53. The van der Waals surface area contributed by atoms with Crippen LogP contribution in [0.2, 0.25) is 0 Å². The smallest absolute Gasteiger partial charge is 0.269 e. The van der Waals surface area contributed by atoms with Crippen LogP contribution in [0.4, 0.5) is 4.39 Å². The van der Waals surface area contributed by atoms with Crippen molar-refractivity contribution in [2.24, 2.45) is 0 Å². The highest BCUT2D eigenvalue weighted by atomic mass is 79.9. The zero-order valence-electron chi connectivity index (χ0n) is 7.80. The average molecular weight is 275 g/mol. The van der Waals surface area contributed by atoms with Crippen LogP contribution in [0.25, 0.3) is 0 Å². The van der Waals surface area contributed by atoms with E-state index < -0.39 is 17.6 Å². The molecule has 0 atom stereocenters. The highest BCUT2D eigenvalue weighted by molar-refractivity contribution is 9.10. The second-order valence-corrected chi connectivity index (χ2v) is 3.62. The van der Waals surface area contributed by atoms with Crippen molar-refractivity contribution in [3.05, 3.63) is 34.1 Å². The summed E-state index contributed by atoms with van der Waals surface area (Å²) in [6.45, 7) is 1.25. The molecule has 0 aliphatic carbocycles. The second-order valence-electron chi connectivity index (χ2n) is 2.76. The van der Waals surface area contributed by atoms with Gasteiger partial charge in [-0.25, -0.2) is 4.39 Å². The van der Waals surface area contributed by atoms with Crippen molar-refractivity contribution in [1.82, 2.24) is 10.9 Å². The van der Waals surface area contributed by atoms with Crippen molar-refractivity contribution in [2.75, 3.05) is 0 Å². The zero-order chi connectivity index (χ0) is 11.4. The largest absolute Gasteiger partial charge is 0.274 e.